The number of nitrogens with one attached hydrogen (secondary N) is 1. The van der Waals surface area contributed by atoms with E-state index in [4.69, 9.17) is 0 Å². The Bertz CT molecular complexity index is 582. The molecule has 0 bridgehead atoms. The Labute approximate surface area is 134 Å². The van der Waals surface area contributed by atoms with Crippen LogP contribution in [0, 0.1) is 0 Å². The van der Waals surface area contributed by atoms with Gasteiger partial charge in [-0.05, 0) is 50.7 Å². The Morgan fingerprint density at radius 2 is 2.29 bits per heavy atom. The lowest BCUT2D eigenvalue weighted by molar-refractivity contribution is 0.0682. The molecule has 3 heterocycles. The van der Waals surface area contributed by atoms with Gasteiger partial charge in [-0.3, -0.25) is 4.79 Å². The fourth-order valence-corrected chi connectivity index (χ4v) is 4.92. The molecule has 2 aromatic rings. The average molecular weight is 322 g/mol. The van der Waals surface area contributed by atoms with Gasteiger partial charge in [-0.25, -0.2) is 0 Å². The van der Waals surface area contributed by atoms with Crippen molar-refractivity contribution < 1.29 is 4.79 Å². The summed E-state index contributed by atoms with van der Waals surface area (Å²) in [6.45, 7) is 6.12. The van der Waals surface area contributed by atoms with E-state index in [1.807, 2.05) is 4.90 Å². The van der Waals surface area contributed by atoms with Crippen molar-refractivity contribution in [1.29, 1.82) is 0 Å². The van der Waals surface area contributed by atoms with Crippen LogP contribution >= 0.6 is 22.7 Å². The number of nitrogens with zero attached hydrogens (tertiary/aromatic N) is 1. The molecule has 1 fully saturated rings. The summed E-state index contributed by atoms with van der Waals surface area (Å²) >= 11 is 3.33. The zero-order valence-corrected chi connectivity index (χ0v) is 14.2. The number of rotatable bonds is 4. The Hall–Kier alpha value is -0.910. The van der Waals surface area contributed by atoms with Gasteiger partial charge in [0, 0.05) is 28.0 Å². The first-order chi connectivity index (χ1) is 10.1. The summed E-state index contributed by atoms with van der Waals surface area (Å²) in [5, 5.41) is 5.63. The molecule has 1 atom stereocenters. The maximum atomic E-state index is 12.8. The van der Waals surface area contributed by atoms with Crippen LogP contribution in [-0.4, -0.2) is 36.0 Å². The SMILES string of the molecule is CC(C)N(CC1CCCCN1)C(=O)c1cc2sccc2s1. The van der Waals surface area contributed by atoms with E-state index >= 15 is 0 Å². The van der Waals surface area contributed by atoms with Crippen LogP contribution in [0.25, 0.3) is 9.40 Å². The van der Waals surface area contributed by atoms with Crippen molar-refractivity contribution in [2.45, 2.75) is 45.2 Å². The number of carbonyl (C=O) groups is 1. The van der Waals surface area contributed by atoms with Crippen molar-refractivity contribution in [3.8, 4) is 0 Å². The van der Waals surface area contributed by atoms with Gasteiger partial charge in [-0.2, -0.15) is 0 Å². The smallest absolute Gasteiger partial charge is 0.264 e. The molecule has 3 nitrogen and oxygen atoms in total. The number of amides is 1. The van der Waals surface area contributed by atoms with Gasteiger partial charge in [0.25, 0.3) is 5.91 Å². The summed E-state index contributed by atoms with van der Waals surface area (Å²) in [5.74, 6) is 0.186. The van der Waals surface area contributed by atoms with Crippen LogP contribution in [0.1, 0.15) is 42.8 Å². The van der Waals surface area contributed by atoms with E-state index in [1.54, 1.807) is 22.7 Å². The summed E-state index contributed by atoms with van der Waals surface area (Å²) in [4.78, 5) is 15.7. The largest absolute Gasteiger partial charge is 0.334 e. The van der Waals surface area contributed by atoms with Crippen molar-refractivity contribution >= 4 is 38.0 Å². The Morgan fingerprint density at radius 3 is 2.95 bits per heavy atom. The number of carbonyl (C=O) groups excluding carboxylic acids is 1. The van der Waals surface area contributed by atoms with E-state index in [0.29, 0.717) is 6.04 Å². The monoisotopic (exact) mass is 322 g/mol. The van der Waals surface area contributed by atoms with Crippen molar-refractivity contribution in [2.24, 2.45) is 0 Å². The van der Waals surface area contributed by atoms with Crippen LogP contribution in [0.5, 0.6) is 0 Å². The van der Waals surface area contributed by atoms with Crippen LogP contribution in [0.3, 0.4) is 0 Å². The number of piperidine rings is 1. The topological polar surface area (TPSA) is 32.3 Å². The summed E-state index contributed by atoms with van der Waals surface area (Å²) in [5.41, 5.74) is 0. The first-order valence-corrected chi connectivity index (χ1v) is 9.36. The molecular weight excluding hydrogens is 300 g/mol. The number of hydrogen-bond donors (Lipinski definition) is 1. The van der Waals surface area contributed by atoms with Crippen LogP contribution in [0.15, 0.2) is 17.5 Å². The van der Waals surface area contributed by atoms with Crippen LogP contribution < -0.4 is 5.32 Å². The molecule has 21 heavy (non-hydrogen) atoms. The molecule has 5 heteroatoms. The van der Waals surface area contributed by atoms with Crippen molar-refractivity contribution in [3.05, 3.63) is 22.4 Å². The van der Waals surface area contributed by atoms with E-state index in [2.05, 4.69) is 36.7 Å². The molecule has 3 rings (SSSR count). The highest BCUT2D eigenvalue weighted by Gasteiger charge is 2.25. The highest BCUT2D eigenvalue weighted by atomic mass is 32.1. The lowest BCUT2D eigenvalue weighted by Gasteiger charge is -2.33. The molecule has 0 aromatic carbocycles. The zero-order chi connectivity index (χ0) is 14.8. The zero-order valence-electron chi connectivity index (χ0n) is 12.6. The molecular formula is C16H22N2OS2. The average Bonchev–Trinajstić information content (AvgIpc) is 3.06. The van der Waals surface area contributed by atoms with Gasteiger partial charge >= 0.3 is 0 Å². The lowest BCUT2D eigenvalue weighted by Crippen LogP contribution is -2.48. The third-order valence-electron chi connectivity index (χ3n) is 4.06. The Balaban J connectivity index is 1.75. The minimum absolute atomic E-state index is 0.186. The quantitative estimate of drug-likeness (QED) is 0.924. The molecule has 2 aromatic heterocycles. The second kappa shape index (κ2) is 6.46. The van der Waals surface area contributed by atoms with E-state index in [0.717, 1.165) is 18.0 Å². The van der Waals surface area contributed by atoms with Gasteiger partial charge in [0.05, 0.1) is 4.88 Å². The van der Waals surface area contributed by atoms with E-state index in [1.165, 1.54) is 28.7 Å². The third kappa shape index (κ3) is 3.30. The standard InChI is InChI=1S/C16H22N2OS2/c1-11(2)18(10-12-5-3-4-7-17-12)16(19)15-9-14-13(21-15)6-8-20-14/h6,8-9,11-12,17H,3-5,7,10H2,1-2H3. The number of fused-ring (bicyclic) bond motifs is 1. The molecule has 1 aliphatic rings. The molecule has 1 N–H and O–H groups in total. The molecule has 0 radical (unpaired) electrons. The van der Waals surface area contributed by atoms with Gasteiger partial charge in [-0.1, -0.05) is 6.42 Å². The third-order valence-corrected chi connectivity index (χ3v) is 6.15. The number of hydrogen-bond acceptors (Lipinski definition) is 4. The molecule has 0 spiro atoms. The lowest BCUT2D eigenvalue weighted by atomic mass is 10.0. The highest BCUT2D eigenvalue weighted by Crippen LogP contribution is 2.31. The van der Waals surface area contributed by atoms with E-state index < -0.39 is 0 Å². The number of thiophene rings is 2. The molecule has 1 saturated heterocycles. The summed E-state index contributed by atoms with van der Waals surface area (Å²) < 4.78 is 2.45. The van der Waals surface area contributed by atoms with Gasteiger partial charge in [0.2, 0.25) is 0 Å². The second-order valence-corrected chi connectivity index (χ2v) is 7.99. The molecule has 0 saturated carbocycles. The van der Waals surface area contributed by atoms with Crippen molar-refractivity contribution in [3.63, 3.8) is 0 Å². The maximum Gasteiger partial charge on any atom is 0.264 e. The molecule has 1 unspecified atom stereocenters. The molecule has 0 aliphatic carbocycles. The fourth-order valence-electron chi connectivity index (χ4n) is 2.86. The van der Waals surface area contributed by atoms with Crippen LogP contribution in [-0.2, 0) is 0 Å². The predicted octanol–water partition coefficient (Wildman–Crippen LogP) is 3.96. The molecule has 1 amide bonds. The summed E-state index contributed by atoms with van der Waals surface area (Å²) in [6, 6.07) is 4.84. The van der Waals surface area contributed by atoms with Gasteiger partial charge in [0.1, 0.15) is 0 Å². The second-order valence-electron chi connectivity index (χ2n) is 5.96. The Morgan fingerprint density at radius 1 is 1.43 bits per heavy atom. The first-order valence-electron chi connectivity index (χ1n) is 7.66. The first kappa shape index (κ1) is 15.0. The molecule has 114 valence electrons. The van der Waals surface area contributed by atoms with Crippen LogP contribution in [0.2, 0.25) is 0 Å². The Kier molecular flexibility index (Phi) is 4.62. The van der Waals surface area contributed by atoms with E-state index in [-0.39, 0.29) is 11.9 Å². The minimum Gasteiger partial charge on any atom is -0.334 e. The van der Waals surface area contributed by atoms with Gasteiger partial charge in [-0.15, -0.1) is 22.7 Å². The van der Waals surface area contributed by atoms with Gasteiger partial charge in [0.15, 0.2) is 0 Å². The normalized spacial score (nSPS) is 19.3. The minimum atomic E-state index is 0.186. The van der Waals surface area contributed by atoms with Crippen molar-refractivity contribution in [1.82, 2.24) is 10.2 Å². The molecule has 1 aliphatic heterocycles. The van der Waals surface area contributed by atoms with Crippen molar-refractivity contribution in [2.75, 3.05) is 13.1 Å². The fraction of sp³-hybridized carbons (Fsp3) is 0.562. The highest BCUT2D eigenvalue weighted by molar-refractivity contribution is 7.27. The summed E-state index contributed by atoms with van der Waals surface area (Å²) in [7, 11) is 0. The van der Waals surface area contributed by atoms with E-state index in [9.17, 15) is 4.79 Å². The summed E-state index contributed by atoms with van der Waals surface area (Å²) in [6.07, 6.45) is 3.70. The van der Waals surface area contributed by atoms with Gasteiger partial charge < -0.3 is 10.2 Å². The maximum absolute atomic E-state index is 12.8. The predicted molar refractivity (Wildman–Crippen MR) is 91.5 cm³/mol. The van der Waals surface area contributed by atoms with Crippen LogP contribution in [0.4, 0.5) is 0 Å².